The molecule has 3 rings (SSSR count). The molecule has 0 aromatic heterocycles. The second kappa shape index (κ2) is 12.1. The predicted molar refractivity (Wildman–Crippen MR) is 129 cm³/mol. The highest BCUT2D eigenvalue weighted by molar-refractivity contribution is 6.30. The van der Waals surface area contributed by atoms with E-state index in [-0.39, 0.29) is 11.8 Å². The normalized spacial score (nSPS) is 11.6. The van der Waals surface area contributed by atoms with Gasteiger partial charge in [-0.05, 0) is 48.6 Å². The van der Waals surface area contributed by atoms with Crippen molar-refractivity contribution in [1.29, 1.82) is 0 Å². The van der Waals surface area contributed by atoms with Crippen molar-refractivity contribution in [2.75, 3.05) is 6.54 Å². The molecule has 0 heterocycles. The summed E-state index contributed by atoms with van der Waals surface area (Å²) in [6, 6.07) is 26.7. The number of hydrogen-bond acceptors (Lipinski definition) is 2. The molecule has 0 aliphatic carbocycles. The standard InChI is InChI=1S/C27H29ClN2O2/c1-21(27(32)29-19-18-23-10-6-3-7-11-23)30(20-24-12-15-25(28)16-13-24)26(31)17-14-22-8-4-2-5-9-22/h2-13,15-16,21H,14,17-20H2,1H3,(H,29,32). The van der Waals surface area contributed by atoms with Gasteiger partial charge in [0.2, 0.25) is 11.8 Å². The smallest absolute Gasteiger partial charge is 0.242 e. The Bertz CT molecular complexity index is 991. The second-order valence-electron chi connectivity index (χ2n) is 7.84. The molecule has 0 saturated heterocycles. The Labute approximate surface area is 195 Å². The van der Waals surface area contributed by atoms with Gasteiger partial charge in [-0.1, -0.05) is 84.4 Å². The van der Waals surface area contributed by atoms with Gasteiger partial charge in [0, 0.05) is 24.5 Å². The zero-order chi connectivity index (χ0) is 22.8. The number of carbonyl (C=O) groups excluding carboxylic acids is 2. The van der Waals surface area contributed by atoms with Gasteiger partial charge in [-0.3, -0.25) is 9.59 Å². The van der Waals surface area contributed by atoms with E-state index in [1.54, 1.807) is 24.0 Å². The van der Waals surface area contributed by atoms with Crippen LogP contribution in [0.4, 0.5) is 0 Å². The van der Waals surface area contributed by atoms with Crippen molar-refractivity contribution in [1.82, 2.24) is 10.2 Å². The fourth-order valence-electron chi connectivity index (χ4n) is 3.53. The lowest BCUT2D eigenvalue weighted by molar-refractivity contribution is -0.140. The van der Waals surface area contributed by atoms with Gasteiger partial charge in [-0.25, -0.2) is 0 Å². The van der Waals surface area contributed by atoms with Crippen LogP contribution in [0.15, 0.2) is 84.9 Å². The summed E-state index contributed by atoms with van der Waals surface area (Å²) in [5.41, 5.74) is 3.20. The molecule has 0 spiro atoms. The van der Waals surface area contributed by atoms with Gasteiger partial charge in [-0.15, -0.1) is 0 Å². The maximum atomic E-state index is 13.1. The Morgan fingerprint density at radius 3 is 1.97 bits per heavy atom. The molecule has 3 aromatic carbocycles. The molecule has 1 unspecified atom stereocenters. The lowest BCUT2D eigenvalue weighted by Gasteiger charge is -2.29. The second-order valence-corrected chi connectivity index (χ2v) is 8.27. The average Bonchev–Trinajstić information content (AvgIpc) is 2.83. The van der Waals surface area contributed by atoms with Gasteiger partial charge in [0.15, 0.2) is 0 Å². The SMILES string of the molecule is CC(C(=O)NCCc1ccccc1)N(Cc1ccc(Cl)cc1)C(=O)CCc1ccccc1. The molecule has 5 heteroatoms. The summed E-state index contributed by atoms with van der Waals surface area (Å²) in [4.78, 5) is 27.7. The Balaban J connectivity index is 1.64. The number of halogens is 1. The first-order chi connectivity index (χ1) is 15.5. The van der Waals surface area contributed by atoms with E-state index in [1.807, 2.05) is 72.8 Å². The van der Waals surface area contributed by atoms with Crippen molar-refractivity contribution >= 4 is 23.4 Å². The van der Waals surface area contributed by atoms with Crippen molar-refractivity contribution in [3.05, 3.63) is 107 Å². The molecular formula is C27H29ClN2O2. The van der Waals surface area contributed by atoms with E-state index < -0.39 is 6.04 Å². The van der Waals surface area contributed by atoms with E-state index in [0.29, 0.717) is 31.0 Å². The fourth-order valence-corrected chi connectivity index (χ4v) is 3.66. The van der Waals surface area contributed by atoms with E-state index in [2.05, 4.69) is 5.32 Å². The highest BCUT2D eigenvalue weighted by atomic mass is 35.5. The minimum absolute atomic E-state index is 0.0467. The van der Waals surface area contributed by atoms with Crippen molar-refractivity contribution < 1.29 is 9.59 Å². The Kier molecular flexibility index (Phi) is 8.88. The zero-order valence-electron chi connectivity index (χ0n) is 18.3. The number of benzene rings is 3. The molecular weight excluding hydrogens is 420 g/mol. The summed E-state index contributed by atoms with van der Waals surface area (Å²) < 4.78 is 0. The molecule has 0 aliphatic rings. The molecule has 0 radical (unpaired) electrons. The van der Waals surface area contributed by atoms with Crippen LogP contribution >= 0.6 is 11.6 Å². The number of aryl methyl sites for hydroxylation is 1. The van der Waals surface area contributed by atoms with Crippen LogP contribution in [-0.4, -0.2) is 29.3 Å². The number of hydrogen-bond donors (Lipinski definition) is 1. The number of amides is 2. The number of nitrogens with zero attached hydrogens (tertiary/aromatic N) is 1. The van der Waals surface area contributed by atoms with Crippen LogP contribution in [0.2, 0.25) is 5.02 Å². The first kappa shape index (κ1) is 23.6. The monoisotopic (exact) mass is 448 g/mol. The summed E-state index contributed by atoms with van der Waals surface area (Å²) in [5.74, 6) is -0.197. The molecule has 166 valence electrons. The minimum Gasteiger partial charge on any atom is -0.354 e. The predicted octanol–water partition coefficient (Wildman–Crippen LogP) is 5.05. The van der Waals surface area contributed by atoms with Crippen LogP contribution < -0.4 is 5.32 Å². The molecule has 32 heavy (non-hydrogen) atoms. The van der Waals surface area contributed by atoms with Gasteiger partial charge in [0.25, 0.3) is 0 Å². The third-order valence-electron chi connectivity index (χ3n) is 5.46. The maximum Gasteiger partial charge on any atom is 0.242 e. The Morgan fingerprint density at radius 2 is 1.38 bits per heavy atom. The molecule has 3 aromatic rings. The first-order valence-corrected chi connectivity index (χ1v) is 11.3. The minimum atomic E-state index is -0.579. The van der Waals surface area contributed by atoms with Crippen molar-refractivity contribution in [3.8, 4) is 0 Å². The van der Waals surface area contributed by atoms with Gasteiger partial charge in [0.1, 0.15) is 6.04 Å². The Morgan fingerprint density at radius 1 is 0.812 bits per heavy atom. The summed E-state index contributed by atoms with van der Waals surface area (Å²) in [7, 11) is 0. The molecule has 4 nitrogen and oxygen atoms in total. The molecule has 1 atom stereocenters. The van der Waals surface area contributed by atoms with E-state index in [0.717, 1.165) is 23.1 Å². The fraction of sp³-hybridized carbons (Fsp3) is 0.259. The van der Waals surface area contributed by atoms with E-state index >= 15 is 0 Å². The number of nitrogens with one attached hydrogen (secondary N) is 1. The largest absolute Gasteiger partial charge is 0.354 e. The van der Waals surface area contributed by atoms with Gasteiger partial charge in [0.05, 0.1) is 0 Å². The van der Waals surface area contributed by atoms with Crippen LogP contribution in [-0.2, 0) is 29.0 Å². The van der Waals surface area contributed by atoms with Gasteiger partial charge in [-0.2, -0.15) is 0 Å². The quantitative estimate of drug-likeness (QED) is 0.472. The molecule has 1 N–H and O–H groups in total. The first-order valence-electron chi connectivity index (χ1n) is 10.9. The lowest BCUT2D eigenvalue weighted by Crippen LogP contribution is -2.48. The van der Waals surface area contributed by atoms with E-state index in [1.165, 1.54) is 0 Å². The molecule has 0 bridgehead atoms. The third-order valence-corrected chi connectivity index (χ3v) is 5.71. The number of carbonyl (C=O) groups is 2. The molecule has 0 saturated carbocycles. The molecule has 0 aliphatic heterocycles. The molecule has 0 fully saturated rings. The van der Waals surface area contributed by atoms with Gasteiger partial charge >= 0.3 is 0 Å². The summed E-state index contributed by atoms with van der Waals surface area (Å²) in [5, 5.41) is 3.62. The maximum absolute atomic E-state index is 13.1. The third kappa shape index (κ3) is 7.24. The van der Waals surface area contributed by atoms with Crippen LogP contribution in [0, 0.1) is 0 Å². The lowest BCUT2D eigenvalue weighted by atomic mass is 10.1. The van der Waals surface area contributed by atoms with Crippen LogP contribution in [0.3, 0.4) is 0 Å². The highest BCUT2D eigenvalue weighted by Crippen LogP contribution is 2.15. The molecule has 2 amide bonds. The van der Waals surface area contributed by atoms with Crippen molar-refractivity contribution in [2.45, 2.75) is 38.8 Å². The highest BCUT2D eigenvalue weighted by Gasteiger charge is 2.25. The summed E-state index contributed by atoms with van der Waals surface area (Å²) >= 11 is 6.00. The topological polar surface area (TPSA) is 49.4 Å². The average molecular weight is 449 g/mol. The van der Waals surface area contributed by atoms with Crippen LogP contribution in [0.25, 0.3) is 0 Å². The Hall–Kier alpha value is -3.11. The van der Waals surface area contributed by atoms with Crippen LogP contribution in [0.1, 0.15) is 30.0 Å². The van der Waals surface area contributed by atoms with E-state index in [9.17, 15) is 9.59 Å². The zero-order valence-corrected chi connectivity index (χ0v) is 19.1. The van der Waals surface area contributed by atoms with E-state index in [4.69, 9.17) is 11.6 Å². The van der Waals surface area contributed by atoms with Gasteiger partial charge < -0.3 is 10.2 Å². The summed E-state index contributed by atoms with van der Waals surface area (Å²) in [6.07, 6.45) is 1.73. The number of rotatable bonds is 10. The van der Waals surface area contributed by atoms with Crippen LogP contribution in [0.5, 0.6) is 0 Å². The van der Waals surface area contributed by atoms with Crippen molar-refractivity contribution in [3.63, 3.8) is 0 Å². The summed E-state index contributed by atoms with van der Waals surface area (Å²) in [6.45, 7) is 2.67. The van der Waals surface area contributed by atoms with Crippen molar-refractivity contribution in [2.24, 2.45) is 0 Å².